The second-order valence-corrected chi connectivity index (χ2v) is 14.0. The standard InChI is InChI=1S/C35H44O6/c1-4-7-31-40-30-18-27-26-13-11-23-17-24(36)14-15-33(23,2)32(26)28(37)19-34(27,3)35(30,41-31)29(38)20-39-25-12-10-21-8-5-6-9-22(21)16-25/h10,12,14-17,26-28,30-32,37H,4-9,11,13,18-20H2,1-3H3/t26?,27?,28-,30+,31?,32?,33?,34?,35-/m0/s1. The zero-order chi connectivity index (χ0) is 28.6. The fourth-order valence-electron chi connectivity index (χ4n) is 10.1. The zero-order valence-electron chi connectivity index (χ0n) is 24.7. The Balaban J connectivity index is 1.20. The van der Waals surface area contributed by atoms with Crippen molar-refractivity contribution in [1.82, 2.24) is 0 Å². The molecule has 1 aromatic rings. The van der Waals surface area contributed by atoms with E-state index >= 15 is 0 Å². The number of aryl methyl sites for hydroxylation is 2. The van der Waals surface area contributed by atoms with Gasteiger partial charge in [-0.2, -0.15) is 0 Å². The molecule has 220 valence electrons. The molecule has 0 amide bonds. The van der Waals surface area contributed by atoms with Gasteiger partial charge in [-0.05, 0) is 105 Å². The predicted octanol–water partition coefficient (Wildman–Crippen LogP) is 5.68. The number of benzene rings is 1. The molecular formula is C35H44O6. The van der Waals surface area contributed by atoms with Gasteiger partial charge in [-0.15, -0.1) is 0 Å². The smallest absolute Gasteiger partial charge is 0.205 e. The van der Waals surface area contributed by atoms with Crippen molar-refractivity contribution in [3.63, 3.8) is 0 Å². The van der Waals surface area contributed by atoms with E-state index in [9.17, 15) is 14.7 Å². The van der Waals surface area contributed by atoms with Gasteiger partial charge in [0.15, 0.2) is 17.7 Å². The lowest BCUT2D eigenvalue weighted by Gasteiger charge is -2.59. The van der Waals surface area contributed by atoms with Crippen LogP contribution >= 0.6 is 0 Å². The maximum Gasteiger partial charge on any atom is 0.205 e. The molecule has 4 fully saturated rings. The molecule has 0 bridgehead atoms. The van der Waals surface area contributed by atoms with Crippen LogP contribution in [0.2, 0.25) is 0 Å². The summed E-state index contributed by atoms with van der Waals surface area (Å²) in [6.07, 6.45) is 13.2. The quantitative estimate of drug-likeness (QED) is 0.482. The first-order chi connectivity index (χ1) is 19.7. The van der Waals surface area contributed by atoms with Gasteiger partial charge in [-0.25, -0.2) is 0 Å². The fraction of sp³-hybridized carbons (Fsp3) is 0.657. The molecule has 0 aromatic heterocycles. The van der Waals surface area contributed by atoms with Gasteiger partial charge in [0.1, 0.15) is 12.4 Å². The van der Waals surface area contributed by atoms with Crippen LogP contribution in [0.3, 0.4) is 0 Å². The van der Waals surface area contributed by atoms with Crippen LogP contribution in [0.25, 0.3) is 0 Å². The van der Waals surface area contributed by atoms with Gasteiger partial charge < -0.3 is 19.3 Å². The molecular weight excluding hydrogens is 516 g/mol. The molecule has 41 heavy (non-hydrogen) atoms. The number of allylic oxidation sites excluding steroid dienone is 4. The highest BCUT2D eigenvalue weighted by molar-refractivity contribution is 6.01. The molecule has 6 heteroatoms. The second kappa shape index (κ2) is 9.89. The molecule has 3 saturated carbocycles. The molecule has 6 nitrogen and oxygen atoms in total. The Hall–Kier alpha value is -2.28. The molecule has 1 heterocycles. The monoisotopic (exact) mass is 560 g/mol. The minimum atomic E-state index is -1.15. The minimum Gasteiger partial charge on any atom is -0.486 e. The summed E-state index contributed by atoms with van der Waals surface area (Å²) in [5.74, 6) is 1.07. The van der Waals surface area contributed by atoms with Gasteiger partial charge in [-0.1, -0.05) is 44.9 Å². The predicted molar refractivity (Wildman–Crippen MR) is 154 cm³/mol. The Morgan fingerprint density at radius 2 is 1.95 bits per heavy atom. The van der Waals surface area contributed by atoms with E-state index < -0.39 is 23.4 Å². The third-order valence-corrected chi connectivity index (χ3v) is 11.9. The van der Waals surface area contributed by atoms with E-state index in [4.69, 9.17) is 14.2 Å². The molecule has 5 aliphatic carbocycles. The normalized spacial score (nSPS) is 42.4. The van der Waals surface area contributed by atoms with Crippen LogP contribution in [0.15, 0.2) is 42.0 Å². The van der Waals surface area contributed by atoms with Crippen LogP contribution in [0.5, 0.6) is 5.75 Å². The average molecular weight is 561 g/mol. The van der Waals surface area contributed by atoms with Crippen LogP contribution in [-0.4, -0.2) is 47.4 Å². The minimum absolute atomic E-state index is 0.00547. The zero-order valence-corrected chi connectivity index (χ0v) is 24.7. The maximum atomic E-state index is 14.4. The van der Waals surface area contributed by atoms with Crippen molar-refractivity contribution in [3.8, 4) is 5.75 Å². The summed E-state index contributed by atoms with van der Waals surface area (Å²) in [5.41, 5.74) is 1.76. The first-order valence-electron chi connectivity index (χ1n) is 15.9. The highest BCUT2D eigenvalue weighted by Crippen LogP contribution is 2.69. The van der Waals surface area contributed by atoms with Gasteiger partial charge in [0.25, 0.3) is 0 Å². The van der Waals surface area contributed by atoms with Gasteiger partial charge in [0, 0.05) is 16.7 Å². The van der Waals surface area contributed by atoms with E-state index in [2.05, 4.69) is 32.9 Å². The summed E-state index contributed by atoms with van der Waals surface area (Å²) in [6, 6.07) is 6.24. The molecule has 1 aliphatic heterocycles. The van der Waals surface area contributed by atoms with Crippen molar-refractivity contribution in [2.45, 2.75) is 109 Å². The SMILES string of the molecule is CCCC1O[C@@H]2CC3C4CCC5=CC(=O)C=CC5(C)C4[C@@H](O)CC3(C)[C@@]2(C(=O)COc2ccc3c(c2)CCCC3)O1. The summed E-state index contributed by atoms with van der Waals surface area (Å²) in [5, 5.41) is 11.9. The molecule has 7 rings (SSSR count). The molecule has 1 aromatic carbocycles. The largest absolute Gasteiger partial charge is 0.486 e. The van der Waals surface area contributed by atoms with Crippen LogP contribution < -0.4 is 4.74 Å². The van der Waals surface area contributed by atoms with Gasteiger partial charge in [0.2, 0.25) is 5.78 Å². The number of fused-ring (bicyclic) bond motifs is 8. The molecule has 6 aliphatic rings. The van der Waals surface area contributed by atoms with E-state index in [0.29, 0.717) is 6.42 Å². The van der Waals surface area contributed by atoms with E-state index in [1.165, 1.54) is 24.0 Å². The van der Waals surface area contributed by atoms with E-state index in [1.807, 2.05) is 12.1 Å². The number of aliphatic hydroxyl groups is 1. The van der Waals surface area contributed by atoms with Crippen LogP contribution in [-0.2, 0) is 31.9 Å². The highest BCUT2D eigenvalue weighted by atomic mass is 16.7. The summed E-state index contributed by atoms with van der Waals surface area (Å²) >= 11 is 0. The van der Waals surface area contributed by atoms with Gasteiger partial charge in [0.05, 0.1) is 12.2 Å². The third-order valence-electron chi connectivity index (χ3n) is 11.9. The summed E-state index contributed by atoms with van der Waals surface area (Å²) in [6.45, 7) is 6.38. The Bertz CT molecular complexity index is 1310. The second-order valence-electron chi connectivity index (χ2n) is 14.0. The van der Waals surface area contributed by atoms with Crippen LogP contribution in [0.4, 0.5) is 0 Å². The molecule has 6 unspecified atom stereocenters. The topological polar surface area (TPSA) is 82.1 Å². The van der Waals surface area contributed by atoms with Gasteiger partial charge in [-0.3, -0.25) is 9.59 Å². The Morgan fingerprint density at radius 3 is 2.76 bits per heavy atom. The Morgan fingerprint density at radius 1 is 1.15 bits per heavy atom. The summed E-state index contributed by atoms with van der Waals surface area (Å²) < 4.78 is 19.5. The summed E-state index contributed by atoms with van der Waals surface area (Å²) in [4.78, 5) is 26.6. The number of hydrogen-bond acceptors (Lipinski definition) is 6. The molecule has 1 saturated heterocycles. The molecule has 1 N–H and O–H groups in total. The van der Waals surface area contributed by atoms with Gasteiger partial charge >= 0.3 is 0 Å². The van der Waals surface area contributed by atoms with Crippen LogP contribution in [0.1, 0.15) is 83.3 Å². The maximum absolute atomic E-state index is 14.4. The number of aliphatic hydroxyl groups excluding tert-OH is 1. The number of Topliss-reactive ketones (excluding diaryl/α,β-unsaturated/α-hetero) is 1. The number of carbonyl (C=O) groups excluding carboxylic acids is 2. The van der Waals surface area contributed by atoms with Crippen molar-refractivity contribution >= 4 is 11.6 Å². The lowest BCUT2D eigenvalue weighted by molar-refractivity contribution is -0.200. The molecule has 9 atom stereocenters. The lowest BCUT2D eigenvalue weighted by Crippen LogP contribution is -2.63. The average Bonchev–Trinajstić information content (AvgIpc) is 3.44. The van der Waals surface area contributed by atoms with E-state index in [1.54, 1.807) is 12.2 Å². The van der Waals surface area contributed by atoms with E-state index in [-0.39, 0.29) is 47.4 Å². The van der Waals surface area contributed by atoms with Crippen molar-refractivity contribution in [1.29, 1.82) is 0 Å². The number of rotatable bonds is 6. The third kappa shape index (κ3) is 4.00. The van der Waals surface area contributed by atoms with Crippen molar-refractivity contribution in [2.75, 3.05) is 6.61 Å². The first-order valence-corrected chi connectivity index (χ1v) is 15.9. The first kappa shape index (κ1) is 27.5. The number of ketones is 2. The highest BCUT2D eigenvalue weighted by Gasteiger charge is 2.75. The van der Waals surface area contributed by atoms with Crippen molar-refractivity contribution in [2.24, 2.45) is 28.6 Å². The number of ether oxygens (including phenoxy) is 3. The molecule has 0 spiro atoms. The van der Waals surface area contributed by atoms with Crippen LogP contribution in [0, 0.1) is 28.6 Å². The van der Waals surface area contributed by atoms with Crippen molar-refractivity contribution in [3.05, 3.63) is 53.1 Å². The molecule has 0 radical (unpaired) electrons. The number of hydrogen-bond donors (Lipinski definition) is 1. The van der Waals surface area contributed by atoms with Crippen molar-refractivity contribution < 1.29 is 28.9 Å². The Labute approximate surface area is 243 Å². The summed E-state index contributed by atoms with van der Waals surface area (Å²) in [7, 11) is 0. The fourth-order valence-corrected chi connectivity index (χ4v) is 10.1. The Kier molecular flexibility index (Phi) is 6.64. The van der Waals surface area contributed by atoms with E-state index in [0.717, 1.165) is 56.3 Å². The number of carbonyl (C=O) groups is 2. The lowest BCUT2D eigenvalue weighted by atomic mass is 9.46.